The molecule has 1 aromatic heterocycles. The minimum Gasteiger partial charge on any atom is -0.492 e. The number of piperazine rings is 1. The van der Waals surface area contributed by atoms with Gasteiger partial charge in [0, 0.05) is 43.6 Å². The zero-order valence-electron chi connectivity index (χ0n) is 17.5. The summed E-state index contributed by atoms with van der Waals surface area (Å²) in [5, 5.41) is 0.547. The van der Waals surface area contributed by atoms with Gasteiger partial charge in [-0.05, 0) is 37.3 Å². The molecule has 2 aromatic carbocycles. The number of anilines is 1. The van der Waals surface area contributed by atoms with Gasteiger partial charge >= 0.3 is 0 Å². The maximum absolute atomic E-state index is 12.8. The number of hydrogen-bond acceptors (Lipinski definition) is 5. The fourth-order valence-corrected chi connectivity index (χ4v) is 4.22. The van der Waals surface area contributed by atoms with E-state index in [0.29, 0.717) is 37.1 Å². The number of nitrogens with zero attached hydrogens (tertiary/aromatic N) is 4. The number of rotatable bonds is 6. The highest BCUT2D eigenvalue weighted by Crippen LogP contribution is 2.28. The predicted molar refractivity (Wildman–Crippen MR) is 125 cm³/mol. The lowest BCUT2D eigenvalue weighted by Gasteiger charge is -2.36. The number of aromatic nitrogens is 2. The molecule has 7 nitrogen and oxygen atoms in total. The predicted octanol–water partition coefficient (Wildman–Crippen LogP) is 3.30. The molecule has 1 amide bonds. The standard InChI is InChI=1S/C23H25BrN4O3/c1-2-31-21-6-4-3-5-20(21)26-11-13-27(14-12-26)22(29)9-10-28-16-25-19-8-7-17(24)15-18(19)23(28)30/h3-8,15-16H,2,9-14H2,1H3. The molecule has 0 radical (unpaired) electrons. The van der Waals surface area contributed by atoms with Crippen LogP contribution in [0.15, 0.2) is 58.1 Å². The summed E-state index contributed by atoms with van der Waals surface area (Å²) in [5.74, 6) is 0.929. The van der Waals surface area contributed by atoms with Gasteiger partial charge in [0.15, 0.2) is 0 Å². The van der Waals surface area contributed by atoms with E-state index in [2.05, 4.69) is 31.9 Å². The van der Waals surface area contributed by atoms with Crippen LogP contribution in [0.25, 0.3) is 10.9 Å². The van der Waals surface area contributed by atoms with Crippen molar-refractivity contribution in [1.29, 1.82) is 0 Å². The third-order valence-electron chi connectivity index (χ3n) is 5.49. The lowest BCUT2D eigenvalue weighted by molar-refractivity contribution is -0.131. The highest BCUT2D eigenvalue weighted by molar-refractivity contribution is 9.10. The summed E-state index contributed by atoms with van der Waals surface area (Å²) in [7, 11) is 0. The Morgan fingerprint density at radius 3 is 2.68 bits per heavy atom. The Kier molecular flexibility index (Phi) is 6.56. The van der Waals surface area contributed by atoms with Crippen molar-refractivity contribution in [2.75, 3.05) is 37.7 Å². The summed E-state index contributed by atoms with van der Waals surface area (Å²) in [6.07, 6.45) is 1.80. The second-order valence-corrected chi connectivity index (χ2v) is 8.34. The molecule has 0 bridgehead atoms. The van der Waals surface area contributed by atoms with Crippen molar-refractivity contribution in [2.24, 2.45) is 0 Å². The molecule has 31 heavy (non-hydrogen) atoms. The molecule has 8 heteroatoms. The molecule has 0 atom stereocenters. The van der Waals surface area contributed by atoms with E-state index in [1.807, 2.05) is 36.1 Å². The van der Waals surface area contributed by atoms with Crippen LogP contribution in [0.3, 0.4) is 0 Å². The number of hydrogen-bond donors (Lipinski definition) is 0. The van der Waals surface area contributed by atoms with Crippen molar-refractivity contribution < 1.29 is 9.53 Å². The first-order chi connectivity index (χ1) is 15.1. The van der Waals surface area contributed by atoms with Crippen molar-refractivity contribution >= 4 is 38.4 Å². The molecular formula is C23H25BrN4O3. The lowest BCUT2D eigenvalue weighted by atomic mass is 10.2. The monoisotopic (exact) mass is 484 g/mol. The zero-order valence-corrected chi connectivity index (χ0v) is 19.0. The largest absolute Gasteiger partial charge is 0.492 e. The van der Waals surface area contributed by atoms with Crippen LogP contribution < -0.4 is 15.2 Å². The molecule has 1 saturated heterocycles. The van der Waals surface area contributed by atoms with Crippen LogP contribution in [0.1, 0.15) is 13.3 Å². The molecule has 4 rings (SSSR count). The van der Waals surface area contributed by atoms with Crippen LogP contribution in [-0.2, 0) is 11.3 Å². The first kappa shape index (κ1) is 21.4. The van der Waals surface area contributed by atoms with E-state index >= 15 is 0 Å². The first-order valence-electron chi connectivity index (χ1n) is 10.5. The summed E-state index contributed by atoms with van der Waals surface area (Å²) >= 11 is 3.39. The van der Waals surface area contributed by atoms with Gasteiger partial charge < -0.3 is 14.5 Å². The molecular weight excluding hydrogens is 460 g/mol. The minimum absolute atomic E-state index is 0.0546. The van der Waals surface area contributed by atoms with E-state index in [1.54, 1.807) is 12.1 Å². The first-order valence-corrected chi connectivity index (χ1v) is 11.3. The Balaban J connectivity index is 1.36. The number of ether oxygens (including phenoxy) is 1. The zero-order chi connectivity index (χ0) is 21.8. The number of halogens is 1. The molecule has 3 aromatic rings. The SMILES string of the molecule is CCOc1ccccc1N1CCN(C(=O)CCn2cnc3ccc(Br)cc3c2=O)CC1. The van der Waals surface area contributed by atoms with Crippen LogP contribution in [0, 0.1) is 0 Å². The lowest BCUT2D eigenvalue weighted by Crippen LogP contribution is -2.49. The van der Waals surface area contributed by atoms with Gasteiger partial charge in [-0.25, -0.2) is 4.98 Å². The molecule has 1 aliphatic heterocycles. The number of para-hydroxylation sites is 2. The molecule has 1 aliphatic rings. The topological polar surface area (TPSA) is 67.7 Å². The number of amides is 1. The molecule has 0 aliphatic carbocycles. The number of carbonyl (C=O) groups is 1. The van der Waals surface area contributed by atoms with Gasteiger partial charge in [-0.2, -0.15) is 0 Å². The summed E-state index contributed by atoms with van der Waals surface area (Å²) in [5.41, 5.74) is 1.59. The molecule has 162 valence electrons. The van der Waals surface area contributed by atoms with Gasteiger partial charge in [0.1, 0.15) is 5.75 Å². The van der Waals surface area contributed by atoms with E-state index < -0.39 is 0 Å². The van der Waals surface area contributed by atoms with Crippen LogP contribution in [0.2, 0.25) is 0 Å². The maximum Gasteiger partial charge on any atom is 0.261 e. The normalized spacial score (nSPS) is 14.1. The summed E-state index contributed by atoms with van der Waals surface area (Å²) in [4.78, 5) is 33.9. The van der Waals surface area contributed by atoms with Crippen molar-refractivity contribution in [1.82, 2.24) is 14.5 Å². The fourth-order valence-electron chi connectivity index (χ4n) is 3.86. The molecule has 0 saturated carbocycles. The second kappa shape index (κ2) is 9.51. The third-order valence-corrected chi connectivity index (χ3v) is 5.98. The minimum atomic E-state index is -0.128. The number of carbonyl (C=O) groups excluding carboxylic acids is 1. The molecule has 0 N–H and O–H groups in total. The van der Waals surface area contributed by atoms with Crippen molar-refractivity contribution in [3.63, 3.8) is 0 Å². The van der Waals surface area contributed by atoms with E-state index in [0.717, 1.165) is 29.0 Å². The highest BCUT2D eigenvalue weighted by atomic mass is 79.9. The fraction of sp³-hybridized carbons (Fsp3) is 0.348. The summed E-state index contributed by atoms with van der Waals surface area (Å²) in [6, 6.07) is 13.4. The Morgan fingerprint density at radius 2 is 1.90 bits per heavy atom. The van der Waals surface area contributed by atoms with Crippen molar-refractivity contribution in [3.05, 3.63) is 63.6 Å². The van der Waals surface area contributed by atoms with Crippen molar-refractivity contribution in [3.8, 4) is 5.75 Å². The Hall–Kier alpha value is -2.87. The van der Waals surface area contributed by atoms with Gasteiger partial charge in [0.25, 0.3) is 5.56 Å². The average Bonchev–Trinajstić information content (AvgIpc) is 2.79. The van der Waals surface area contributed by atoms with E-state index in [9.17, 15) is 9.59 Å². The van der Waals surface area contributed by atoms with Gasteiger partial charge in [-0.1, -0.05) is 28.1 Å². The van der Waals surface area contributed by atoms with Gasteiger partial charge in [0.05, 0.1) is 29.5 Å². The molecule has 0 spiro atoms. The smallest absolute Gasteiger partial charge is 0.261 e. The number of aryl methyl sites for hydroxylation is 1. The third kappa shape index (κ3) is 4.74. The van der Waals surface area contributed by atoms with Crippen LogP contribution >= 0.6 is 15.9 Å². The molecule has 0 unspecified atom stereocenters. The Bertz CT molecular complexity index is 1140. The number of fused-ring (bicyclic) bond motifs is 1. The Labute approximate surface area is 189 Å². The van der Waals surface area contributed by atoms with E-state index in [-0.39, 0.29) is 17.9 Å². The molecule has 2 heterocycles. The van der Waals surface area contributed by atoms with Gasteiger partial charge in [-0.3, -0.25) is 14.2 Å². The van der Waals surface area contributed by atoms with Crippen LogP contribution in [0.5, 0.6) is 5.75 Å². The van der Waals surface area contributed by atoms with Gasteiger partial charge in [0.2, 0.25) is 5.91 Å². The summed E-state index contributed by atoms with van der Waals surface area (Å²) in [6.45, 7) is 5.72. The van der Waals surface area contributed by atoms with Crippen molar-refractivity contribution in [2.45, 2.75) is 19.9 Å². The van der Waals surface area contributed by atoms with Crippen LogP contribution in [0.4, 0.5) is 5.69 Å². The van der Waals surface area contributed by atoms with Gasteiger partial charge in [-0.15, -0.1) is 0 Å². The van der Waals surface area contributed by atoms with Crippen LogP contribution in [-0.4, -0.2) is 53.1 Å². The van der Waals surface area contributed by atoms with E-state index in [1.165, 1.54) is 10.9 Å². The maximum atomic E-state index is 12.8. The number of benzene rings is 2. The molecule has 1 fully saturated rings. The second-order valence-electron chi connectivity index (χ2n) is 7.42. The highest BCUT2D eigenvalue weighted by Gasteiger charge is 2.23. The van der Waals surface area contributed by atoms with E-state index in [4.69, 9.17) is 4.74 Å². The Morgan fingerprint density at radius 1 is 1.13 bits per heavy atom. The quantitative estimate of drug-likeness (QED) is 0.536. The summed E-state index contributed by atoms with van der Waals surface area (Å²) < 4.78 is 8.08. The average molecular weight is 485 g/mol.